The van der Waals surface area contributed by atoms with Gasteiger partial charge in [0, 0.05) is 12.2 Å². The molecule has 0 spiro atoms. The molecule has 4 nitrogen and oxygen atoms in total. The van der Waals surface area contributed by atoms with Crippen LogP contribution in [0.15, 0.2) is 12.2 Å². The van der Waals surface area contributed by atoms with E-state index < -0.39 is 46.6 Å². The van der Waals surface area contributed by atoms with Gasteiger partial charge in [0.1, 0.15) is 5.69 Å². The second-order valence-electron chi connectivity index (χ2n) is 3.11. The number of hydrogen-bond acceptors (Lipinski definition) is 2. The Morgan fingerprint density at radius 2 is 1.26 bits per heavy atom. The van der Waals surface area contributed by atoms with E-state index in [1.54, 1.807) is 0 Å². The second-order valence-corrected chi connectivity index (χ2v) is 3.11. The predicted molar refractivity (Wildman–Crippen MR) is 51.6 cm³/mol. The normalized spacial score (nSPS) is 10.8. The van der Waals surface area contributed by atoms with Gasteiger partial charge >= 0.3 is 5.97 Å². The molecule has 0 aliphatic carbocycles. The SMILES string of the molecule is O=C(O)/C=C/C(=O)Nc1c(F)c(F)c(F)c(F)c1F. The van der Waals surface area contributed by atoms with Crippen molar-refractivity contribution in [2.45, 2.75) is 0 Å². The summed E-state index contributed by atoms with van der Waals surface area (Å²) in [5, 5.41) is 9.53. The van der Waals surface area contributed by atoms with E-state index in [9.17, 15) is 31.5 Å². The Kier molecular flexibility index (Phi) is 4.20. The van der Waals surface area contributed by atoms with Gasteiger partial charge in [-0.2, -0.15) is 0 Å². The lowest BCUT2D eigenvalue weighted by molar-refractivity contribution is -0.131. The molecule has 0 saturated heterocycles. The van der Waals surface area contributed by atoms with E-state index in [-0.39, 0.29) is 0 Å². The van der Waals surface area contributed by atoms with Crippen molar-refractivity contribution in [2.24, 2.45) is 0 Å². The Bertz CT molecular complexity index is 556. The maximum atomic E-state index is 13.1. The lowest BCUT2D eigenvalue weighted by Crippen LogP contribution is -2.15. The largest absolute Gasteiger partial charge is 0.478 e. The van der Waals surface area contributed by atoms with Crippen LogP contribution in [0.4, 0.5) is 27.6 Å². The summed E-state index contributed by atoms with van der Waals surface area (Å²) >= 11 is 0. The summed E-state index contributed by atoms with van der Waals surface area (Å²) < 4.78 is 64.3. The Balaban J connectivity index is 3.16. The first kappa shape index (κ1) is 14.6. The Hall–Kier alpha value is -2.45. The first-order valence-corrected chi connectivity index (χ1v) is 4.49. The third-order valence-electron chi connectivity index (χ3n) is 1.84. The Morgan fingerprint density at radius 3 is 1.68 bits per heavy atom. The van der Waals surface area contributed by atoms with E-state index in [0.29, 0.717) is 12.2 Å². The molecule has 102 valence electrons. The molecular formula is C10H4F5NO3. The highest BCUT2D eigenvalue weighted by atomic mass is 19.2. The van der Waals surface area contributed by atoms with Gasteiger partial charge in [-0.25, -0.2) is 26.7 Å². The van der Waals surface area contributed by atoms with Crippen LogP contribution in [0, 0.1) is 29.1 Å². The number of amides is 1. The number of benzene rings is 1. The number of hydrogen-bond donors (Lipinski definition) is 2. The molecule has 1 aromatic rings. The predicted octanol–water partition coefficient (Wildman–Crippen LogP) is 1.96. The number of halogens is 5. The first-order chi connectivity index (χ1) is 8.75. The van der Waals surface area contributed by atoms with Crippen molar-refractivity contribution in [3.05, 3.63) is 41.2 Å². The number of nitrogens with one attached hydrogen (secondary N) is 1. The van der Waals surface area contributed by atoms with Gasteiger partial charge in [0.25, 0.3) is 0 Å². The van der Waals surface area contributed by atoms with Crippen molar-refractivity contribution in [1.29, 1.82) is 0 Å². The number of anilines is 1. The molecule has 0 fully saturated rings. The van der Waals surface area contributed by atoms with Gasteiger partial charge in [-0.15, -0.1) is 0 Å². The van der Waals surface area contributed by atoms with Crippen molar-refractivity contribution in [3.8, 4) is 0 Å². The summed E-state index contributed by atoms with van der Waals surface area (Å²) in [6.07, 6.45) is 0.668. The fraction of sp³-hybridized carbons (Fsp3) is 0. The molecule has 0 aromatic heterocycles. The molecule has 0 bridgehead atoms. The van der Waals surface area contributed by atoms with Crippen LogP contribution >= 0.6 is 0 Å². The van der Waals surface area contributed by atoms with Gasteiger partial charge in [0.05, 0.1) is 0 Å². The van der Waals surface area contributed by atoms with Gasteiger partial charge in [-0.1, -0.05) is 0 Å². The molecule has 0 aliphatic rings. The lowest BCUT2D eigenvalue weighted by Gasteiger charge is -2.07. The molecule has 0 radical (unpaired) electrons. The highest BCUT2D eigenvalue weighted by molar-refractivity contribution is 6.02. The maximum Gasteiger partial charge on any atom is 0.328 e. The van der Waals surface area contributed by atoms with Gasteiger partial charge in [0.15, 0.2) is 23.3 Å². The van der Waals surface area contributed by atoms with E-state index in [1.807, 2.05) is 0 Å². The fourth-order valence-electron chi connectivity index (χ4n) is 1.03. The Labute approximate surface area is 102 Å². The third-order valence-corrected chi connectivity index (χ3v) is 1.84. The van der Waals surface area contributed by atoms with E-state index in [4.69, 9.17) is 5.11 Å². The van der Waals surface area contributed by atoms with Crippen LogP contribution in [-0.2, 0) is 9.59 Å². The smallest absolute Gasteiger partial charge is 0.328 e. The van der Waals surface area contributed by atoms with Crippen molar-refractivity contribution >= 4 is 17.6 Å². The zero-order valence-corrected chi connectivity index (χ0v) is 8.81. The van der Waals surface area contributed by atoms with Crippen molar-refractivity contribution in [1.82, 2.24) is 0 Å². The molecular weight excluding hydrogens is 277 g/mol. The molecule has 9 heteroatoms. The molecule has 1 aromatic carbocycles. The van der Waals surface area contributed by atoms with Crippen LogP contribution in [0.1, 0.15) is 0 Å². The van der Waals surface area contributed by atoms with Crippen LogP contribution in [-0.4, -0.2) is 17.0 Å². The van der Waals surface area contributed by atoms with Gasteiger partial charge in [0.2, 0.25) is 11.7 Å². The quantitative estimate of drug-likeness (QED) is 0.385. The van der Waals surface area contributed by atoms with Gasteiger partial charge < -0.3 is 10.4 Å². The fourth-order valence-corrected chi connectivity index (χ4v) is 1.03. The van der Waals surface area contributed by atoms with E-state index in [0.717, 1.165) is 0 Å². The van der Waals surface area contributed by atoms with Crippen LogP contribution < -0.4 is 5.32 Å². The number of carbonyl (C=O) groups excluding carboxylic acids is 1. The summed E-state index contributed by atoms with van der Waals surface area (Å²) in [7, 11) is 0. The number of rotatable bonds is 3. The zero-order chi connectivity index (χ0) is 14.7. The molecule has 0 heterocycles. The van der Waals surface area contributed by atoms with Gasteiger partial charge in [-0.05, 0) is 0 Å². The standard InChI is InChI=1S/C10H4F5NO3/c11-5-6(12)8(14)10(9(15)7(5)13)16-3(17)1-2-4(18)19/h1-2H,(H,16,17)(H,18,19)/b2-1+. The number of carboxylic acids is 1. The van der Waals surface area contributed by atoms with Crippen LogP contribution in [0.5, 0.6) is 0 Å². The molecule has 0 aliphatic heterocycles. The van der Waals surface area contributed by atoms with Crippen LogP contribution in [0.3, 0.4) is 0 Å². The Morgan fingerprint density at radius 1 is 0.842 bits per heavy atom. The third kappa shape index (κ3) is 3.06. The minimum Gasteiger partial charge on any atom is -0.478 e. The number of carbonyl (C=O) groups is 2. The van der Waals surface area contributed by atoms with Crippen molar-refractivity contribution in [2.75, 3.05) is 5.32 Å². The minimum absolute atomic E-state index is 0.321. The summed E-state index contributed by atoms with van der Waals surface area (Å²) in [6.45, 7) is 0. The summed E-state index contributed by atoms with van der Waals surface area (Å²) in [4.78, 5) is 21.1. The van der Waals surface area contributed by atoms with E-state index in [2.05, 4.69) is 0 Å². The highest BCUT2D eigenvalue weighted by Gasteiger charge is 2.26. The van der Waals surface area contributed by atoms with E-state index in [1.165, 1.54) is 5.32 Å². The molecule has 19 heavy (non-hydrogen) atoms. The average molecular weight is 281 g/mol. The average Bonchev–Trinajstić information content (AvgIpc) is 2.36. The number of carboxylic acid groups (broad SMARTS) is 1. The van der Waals surface area contributed by atoms with Crippen molar-refractivity contribution < 1.29 is 36.6 Å². The van der Waals surface area contributed by atoms with E-state index >= 15 is 0 Å². The lowest BCUT2D eigenvalue weighted by atomic mass is 10.2. The maximum absolute atomic E-state index is 13.1. The molecule has 0 saturated carbocycles. The van der Waals surface area contributed by atoms with Crippen LogP contribution in [0.25, 0.3) is 0 Å². The van der Waals surface area contributed by atoms with Crippen LogP contribution in [0.2, 0.25) is 0 Å². The van der Waals surface area contributed by atoms with Gasteiger partial charge in [-0.3, -0.25) is 4.79 Å². The zero-order valence-electron chi connectivity index (χ0n) is 8.81. The topological polar surface area (TPSA) is 66.4 Å². The van der Waals surface area contributed by atoms with Crippen molar-refractivity contribution in [3.63, 3.8) is 0 Å². The molecule has 2 N–H and O–H groups in total. The molecule has 1 amide bonds. The minimum atomic E-state index is -2.37. The monoisotopic (exact) mass is 281 g/mol. The number of aliphatic carboxylic acids is 1. The summed E-state index contributed by atoms with van der Waals surface area (Å²) in [5.41, 5.74) is -1.56. The first-order valence-electron chi connectivity index (χ1n) is 4.49. The highest BCUT2D eigenvalue weighted by Crippen LogP contribution is 2.26. The molecule has 1 rings (SSSR count). The summed E-state index contributed by atoms with van der Waals surface area (Å²) in [5.74, 6) is -14.2. The second kappa shape index (κ2) is 5.46. The molecule has 0 unspecified atom stereocenters. The summed E-state index contributed by atoms with van der Waals surface area (Å²) in [6, 6.07) is 0. The molecule has 0 atom stereocenters.